The van der Waals surface area contributed by atoms with Gasteiger partial charge in [0, 0.05) is 13.0 Å². The Balaban J connectivity index is 4.63. The first-order valence-electron chi connectivity index (χ1n) is 10.8. The van der Waals surface area contributed by atoms with E-state index in [0.29, 0.717) is 12.8 Å². The lowest BCUT2D eigenvalue weighted by Gasteiger charge is -2.39. The molecule has 0 aliphatic carbocycles. The number of alkyl halides is 13. The summed E-state index contributed by atoms with van der Waals surface area (Å²) in [5.41, 5.74) is 0. The quantitative estimate of drug-likeness (QED) is 0.126. The van der Waals surface area contributed by atoms with Gasteiger partial charge in [0.2, 0.25) is 0 Å². The number of ether oxygens (including phenoxy) is 1. The lowest BCUT2D eigenvalue weighted by Crippen LogP contribution is -2.70. The summed E-state index contributed by atoms with van der Waals surface area (Å²) in [6.07, 6.45) is -0.614. The van der Waals surface area contributed by atoms with E-state index in [2.05, 4.69) is 11.7 Å². The third-order valence-corrected chi connectivity index (χ3v) is 5.20. The van der Waals surface area contributed by atoms with Crippen molar-refractivity contribution in [1.29, 1.82) is 0 Å². The number of hydrogen-bond donors (Lipinski definition) is 0. The van der Waals surface area contributed by atoms with Gasteiger partial charge in [0.05, 0.1) is 6.61 Å². The second-order valence-electron chi connectivity index (χ2n) is 8.04. The molecule has 0 aliphatic heterocycles. The summed E-state index contributed by atoms with van der Waals surface area (Å²) in [6, 6.07) is 0. The van der Waals surface area contributed by atoms with E-state index in [4.69, 9.17) is 0 Å². The topological polar surface area (TPSA) is 9.23 Å². The van der Waals surface area contributed by atoms with Gasteiger partial charge in [-0.1, -0.05) is 64.7 Å². The highest BCUT2D eigenvalue weighted by atomic mass is 19.4. The van der Waals surface area contributed by atoms with E-state index < -0.39 is 48.8 Å². The summed E-state index contributed by atoms with van der Waals surface area (Å²) in [5, 5.41) is 0. The number of unbranched alkanes of at least 4 members (excludes halogenated alkanes) is 9. The minimum atomic E-state index is -7.86. The SMILES string of the molecule is CCCCCCCCCCCCOCCC(F)(F)C(F)(F)C(F)(F)C(F)(F)C(F)(F)C(F)(F)F. The molecule has 0 aromatic heterocycles. The molecule has 14 heteroatoms. The molecule has 0 fully saturated rings. The Hall–Kier alpha value is -0.950. The summed E-state index contributed by atoms with van der Waals surface area (Å²) in [6.45, 7) is 0.497. The average Bonchev–Trinajstić information content (AvgIpc) is 2.70. The van der Waals surface area contributed by atoms with Crippen LogP contribution in [0.3, 0.4) is 0 Å². The largest absolute Gasteiger partial charge is 0.460 e. The first kappa shape index (κ1) is 33.0. The van der Waals surface area contributed by atoms with Crippen molar-refractivity contribution in [1.82, 2.24) is 0 Å². The monoisotopic (exact) mass is 532 g/mol. The van der Waals surface area contributed by atoms with E-state index in [1.807, 2.05) is 0 Å². The van der Waals surface area contributed by atoms with Crippen LogP contribution in [0, 0.1) is 0 Å². The molecule has 0 spiro atoms. The van der Waals surface area contributed by atoms with Crippen LogP contribution in [-0.2, 0) is 4.74 Å². The molecular formula is C20H29F13O. The van der Waals surface area contributed by atoms with E-state index in [9.17, 15) is 57.1 Å². The van der Waals surface area contributed by atoms with Gasteiger partial charge in [-0.3, -0.25) is 0 Å². The second-order valence-corrected chi connectivity index (χ2v) is 8.04. The molecule has 1 nitrogen and oxygen atoms in total. The minimum Gasteiger partial charge on any atom is -0.381 e. The highest BCUT2D eigenvalue weighted by Gasteiger charge is 2.90. The van der Waals surface area contributed by atoms with Gasteiger partial charge in [-0.05, 0) is 6.42 Å². The van der Waals surface area contributed by atoms with E-state index in [1.165, 1.54) is 0 Å². The van der Waals surface area contributed by atoms with E-state index in [1.54, 1.807) is 0 Å². The summed E-state index contributed by atoms with van der Waals surface area (Å²) in [4.78, 5) is 0. The van der Waals surface area contributed by atoms with Crippen LogP contribution in [-0.4, -0.2) is 49.0 Å². The van der Waals surface area contributed by atoms with E-state index in [-0.39, 0.29) is 6.61 Å². The molecule has 0 aromatic carbocycles. The highest BCUT2D eigenvalue weighted by Crippen LogP contribution is 2.60. The molecule has 0 rings (SSSR count). The molecule has 0 aliphatic rings. The lowest BCUT2D eigenvalue weighted by atomic mass is 9.93. The Bertz CT molecular complexity index is 573. The minimum absolute atomic E-state index is 0.253. The van der Waals surface area contributed by atoms with Crippen molar-refractivity contribution < 1.29 is 61.8 Å². The maximum absolute atomic E-state index is 13.6. The van der Waals surface area contributed by atoms with Gasteiger partial charge in [0.25, 0.3) is 0 Å². The van der Waals surface area contributed by atoms with Gasteiger partial charge in [-0.25, -0.2) is 0 Å². The van der Waals surface area contributed by atoms with E-state index in [0.717, 1.165) is 51.4 Å². The fourth-order valence-electron chi connectivity index (χ4n) is 2.95. The van der Waals surface area contributed by atoms with Crippen LogP contribution in [0.2, 0.25) is 0 Å². The van der Waals surface area contributed by atoms with Gasteiger partial charge in [0.1, 0.15) is 0 Å². The first-order chi connectivity index (χ1) is 15.3. The fraction of sp³-hybridized carbons (Fsp3) is 1.00. The Morgan fingerprint density at radius 1 is 0.441 bits per heavy atom. The van der Waals surface area contributed by atoms with Gasteiger partial charge >= 0.3 is 35.8 Å². The Morgan fingerprint density at radius 3 is 1.24 bits per heavy atom. The van der Waals surface area contributed by atoms with Crippen molar-refractivity contribution in [2.75, 3.05) is 13.2 Å². The summed E-state index contributed by atoms with van der Waals surface area (Å²) in [5.74, 6) is -36.6. The van der Waals surface area contributed by atoms with Crippen molar-refractivity contribution in [3.05, 3.63) is 0 Å². The molecule has 0 amide bonds. The average molecular weight is 532 g/mol. The molecule has 34 heavy (non-hydrogen) atoms. The Morgan fingerprint density at radius 2 is 0.824 bits per heavy atom. The second kappa shape index (κ2) is 12.8. The Labute approximate surface area is 189 Å². The zero-order valence-electron chi connectivity index (χ0n) is 18.5. The standard InChI is InChI=1S/C20H29F13O/c1-2-3-4-5-6-7-8-9-10-11-13-34-14-12-15(21,22)16(23,24)17(25,26)18(27,28)19(29,30)20(31,32)33/h2-14H2,1H3. The van der Waals surface area contributed by atoms with Gasteiger partial charge in [-0.15, -0.1) is 0 Å². The zero-order valence-corrected chi connectivity index (χ0v) is 18.5. The molecular weight excluding hydrogens is 503 g/mol. The van der Waals surface area contributed by atoms with Crippen molar-refractivity contribution in [3.8, 4) is 0 Å². The normalized spacial score (nSPS) is 14.6. The molecule has 206 valence electrons. The molecule has 0 saturated carbocycles. The van der Waals surface area contributed by atoms with Gasteiger partial charge < -0.3 is 4.74 Å². The molecule has 0 aromatic rings. The van der Waals surface area contributed by atoms with Crippen LogP contribution in [0.1, 0.15) is 77.6 Å². The van der Waals surface area contributed by atoms with Crippen molar-refractivity contribution in [2.24, 2.45) is 0 Å². The van der Waals surface area contributed by atoms with Gasteiger partial charge in [0.15, 0.2) is 0 Å². The molecule has 0 bridgehead atoms. The van der Waals surface area contributed by atoms with E-state index >= 15 is 0 Å². The molecule has 0 atom stereocenters. The van der Waals surface area contributed by atoms with Crippen LogP contribution < -0.4 is 0 Å². The smallest absolute Gasteiger partial charge is 0.381 e. The van der Waals surface area contributed by atoms with Crippen LogP contribution in [0.25, 0.3) is 0 Å². The van der Waals surface area contributed by atoms with Gasteiger partial charge in [-0.2, -0.15) is 57.1 Å². The van der Waals surface area contributed by atoms with Crippen LogP contribution in [0.5, 0.6) is 0 Å². The zero-order chi connectivity index (χ0) is 26.9. The van der Waals surface area contributed by atoms with Crippen molar-refractivity contribution >= 4 is 0 Å². The highest BCUT2D eigenvalue weighted by molar-refractivity contribution is 5.10. The third-order valence-electron chi connectivity index (χ3n) is 5.20. The van der Waals surface area contributed by atoms with Crippen LogP contribution in [0.15, 0.2) is 0 Å². The molecule has 0 heterocycles. The lowest BCUT2D eigenvalue weighted by molar-refractivity contribution is -0.440. The summed E-state index contributed by atoms with van der Waals surface area (Å²) in [7, 11) is 0. The predicted octanol–water partition coefficient (Wildman–Crippen LogP) is 9.05. The third kappa shape index (κ3) is 7.78. The summed E-state index contributed by atoms with van der Waals surface area (Å²) >= 11 is 0. The number of hydrogen-bond acceptors (Lipinski definition) is 1. The molecule has 0 unspecified atom stereocenters. The molecule has 0 radical (unpaired) electrons. The molecule has 0 saturated heterocycles. The maximum Gasteiger partial charge on any atom is 0.460 e. The predicted molar refractivity (Wildman–Crippen MR) is 98.1 cm³/mol. The Kier molecular flexibility index (Phi) is 12.5. The van der Waals surface area contributed by atoms with Crippen molar-refractivity contribution in [2.45, 2.75) is 113 Å². The fourth-order valence-corrected chi connectivity index (χ4v) is 2.95. The van der Waals surface area contributed by atoms with Crippen LogP contribution in [0.4, 0.5) is 57.1 Å². The first-order valence-corrected chi connectivity index (χ1v) is 10.8. The number of halogens is 13. The summed E-state index contributed by atoms with van der Waals surface area (Å²) < 4.78 is 173. The maximum atomic E-state index is 13.6. The van der Waals surface area contributed by atoms with Crippen molar-refractivity contribution in [3.63, 3.8) is 0 Å². The molecule has 0 N–H and O–H groups in total. The number of rotatable bonds is 18. The van der Waals surface area contributed by atoms with Crippen LogP contribution >= 0.6 is 0 Å².